The highest BCUT2D eigenvalue weighted by molar-refractivity contribution is 5.39. The van der Waals surface area contributed by atoms with Crippen LogP contribution in [0.5, 0.6) is 5.75 Å². The summed E-state index contributed by atoms with van der Waals surface area (Å²) in [5.41, 5.74) is 0.920. The molecule has 0 spiro atoms. The van der Waals surface area contributed by atoms with Gasteiger partial charge in [0.1, 0.15) is 12.4 Å². The molecule has 1 aromatic carbocycles. The van der Waals surface area contributed by atoms with Gasteiger partial charge >= 0.3 is 0 Å². The molecule has 21 heavy (non-hydrogen) atoms. The number of rotatable bonds is 5. The van der Waals surface area contributed by atoms with Crippen molar-refractivity contribution in [2.24, 2.45) is 0 Å². The van der Waals surface area contributed by atoms with E-state index in [9.17, 15) is 0 Å². The molecule has 1 aromatic rings. The molecular formula is C17H23NO3. The molecule has 1 aliphatic rings. The number of hydrogen-bond donors (Lipinski definition) is 1. The van der Waals surface area contributed by atoms with Crippen LogP contribution in [0.2, 0.25) is 0 Å². The third-order valence-corrected chi connectivity index (χ3v) is 3.29. The van der Waals surface area contributed by atoms with Gasteiger partial charge in [0.15, 0.2) is 0 Å². The van der Waals surface area contributed by atoms with Crippen molar-refractivity contribution in [3.05, 3.63) is 29.8 Å². The Labute approximate surface area is 126 Å². The van der Waals surface area contributed by atoms with Crippen LogP contribution in [0.1, 0.15) is 18.4 Å². The van der Waals surface area contributed by atoms with Gasteiger partial charge in [-0.05, 0) is 24.6 Å². The summed E-state index contributed by atoms with van der Waals surface area (Å²) in [5, 5.41) is 8.72. The SMILES string of the molecule is OCCC#Cc1cccc(OCCN2CCCOCC2)c1. The summed E-state index contributed by atoms with van der Waals surface area (Å²) >= 11 is 0. The fourth-order valence-electron chi connectivity index (χ4n) is 2.20. The molecule has 1 aliphatic heterocycles. The average molecular weight is 289 g/mol. The molecule has 114 valence electrons. The zero-order valence-corrected chi connectivity index (χ0v) is 12.4. The Balaban J connectivity index is 1.77. The van der Waals surface area contributed by atoms with E-state index in [1.807, 2.05) is 24.3 Å². The number of aliphatic hydroxyl groups is 1. The quantitative estimate of drug-likeness (QED) is 0.835. The second kappa shape index (κ2) is 9.41. The Morgan fingerprint density at radius 3 is 3.14 bits per heavy atom. The maximum absolute atomic E-state index is 8.72. The standard InChI is InChI=1S/C17H23NO3/c19-11-2-1-5-16-6-3-7-17(15-16)21-14-10-18-8-4-12-20-13-9-18/h3,6-7,15,19H,2,4,8-14H2. The number of nitrogens with zero attached hydrogens (tertiary/aromatic N) is 1. The Kier molecular flexibility index (Phi) is 7.10. The third kappa shape index (κ3) is 6.17. The Hall–Kier alpha value is -1.54. The van der Waals surface area contributed by atoms with Gasteiger partial charge in [-0.2, -0.15) is 0 Å². The minimum Gasteiger partial charge on any atom is -0.492 e. The fourth-order valence-corrected chi connectivity index (χ4v) is 2.20. The lowest BCUT2D eigenvalue weighted by Gasteiger charge is -2.19. The zero-order valence-electron chi connectivity index (χ0n) is 12.4. The van der Waals surface area contributed by atoms with Gasteiger partial charge in [0.2, 0.25) is 0 Å². The second-order valence-electron chi connectivity index (χ2n) is 4.96. The summed E-state index contributed by atoms with van der Waals surface area (Å²) in [6.45, 7) is 5.44. The largest absolute Gasteiger partial charge is 0.492 e. The van der Waals surface area contributed by atoms with Gasteiger partial charge in [0, 0.05) is 38.2 Å². The Bertz CT molecular complexity index is 470. The van der Waals surface area contributed by atoms with E-state index in [0.29, 0.717) is 13.0 Å². The minimum atomic E-state index is 0.0999. The molecule has 0 saturated carbocycles. The number of benzene rings is 1. The lowest BCUT2D eigenvalue weighted by molar-refractivity contribution is 0.137. The normalized spacial score (nSPS) is 15.9. The molecule has 0 amide bonds. The van der Waals surface area contributed by atoms with Gasteiger partial charge < -0.3 is 14.6 Å². The zero-order chi connectivity index (χ0) is 14.8. The van der Waals surface area contributed by atoms with Crippen molar-refractivity contribution in [3.63, 3.8) is 0 Å². The highest BCUT2D eigenvalue weighted by atomic mass is 16.5. The smallest absolute Gasteiger partial charge is 0.120 e. The van der Waals surface area contributed by atoms with Crippen LogP contribution in [0, 0.1) is 11.8 Å². The summed E-state index contributed by atoms with van der Waals surface area (Å²) in [5.74, 6) is 6.78. The van der Waals surface area contributed by atoms with Crippen LogP contribution in [0.15, 0.2) is 24.3 Å². The minimum absolute atomic E-state index is 0.0999. The first kappa shape index (κ1) is 15.8. The number of aliphatic hydroxyl groups excluding tert-OH is 1. The summed E-state index contributed by atoms with van der Waals surface area (Å²) in [6.07, 6.45) is 1.60. The van der Waals surface area contributed by atoms with Gasteiger partial charge in [-0.25, -0.2) is 0 Å². The van der Waals surface area contributed by atoms with Gasteiger partial charge in [0.25, 0.3) is 0 Å². The van der Waals surface area contributed by atoms with Gasteiger partial charge in [-0.15, -0.1) is 0 Å². The predicted octanol–water partition coefficient (Wildman–Crippen LogP) is 1.52. The van der Waals surface area contributed by atoms with E-state index in [1.54, 1.807) is 0 Å². The summed E-state index contributed by atoms with van der Waals surface area (Å²) < 4.78 is 11.2. The van der Waals surface area contributed by atoms with Crippen molar-refractivity contribution in [1.82, 2.24) is 4.90 Å². The van der Waals surface area contributed by atoms with E-state index in [-0.39, 0.29) is 6.61 Å². The van der Waals surface area contributed by atoms with Crippen LogP contribution < -0.4 is 4.74 Å². The van der Waals surface area contributed by atoms with Gasteiger partial charge in [-0.1, -0.05) is 17.9 Å². The van der Waals surface area contributed by atoms with Crippen molar-refractivity contribution in [2.45, 2.75) is 12.8 Å². The molecule has 2 rings (SSSR count). The van der Waals surface area contributed by atoms with Crippen LogP contribution in [0.3, 0.4) is 0 Å². The fraction of sp³-hybridized carbons (Fsp3) is 0.529. The van der Waals surface area contributed by atoms with E-state index in [1.165, 1.54) is 0 Å². The van der Waals surface area contributed by atoms with E-state index in [4.69, 9.17) is 14.6 Å². The molecule has 1 fully saturated rings. The van der Waals surface area contributed by atoms with Crippen LogP contribution >= 0.6 is 0 Å². The van der Waals surface area contributed by atoms with Crippen molar-refractivity contribution in [2.75, 3.05) is 46.1 Å². The molecule has 0 radical (unpaired) electrons. The molecule has 0 atom stereocenters. The van der Waals surface area contributed by atoms with E-state index in [2.05, 4.69) is 16.7 Å². The number of ether oxygens (including phenoxy) is 2. The molecule has 0 unspecified atom stereocenters. The molecular weight excluding hydrogens is 266 g/mol. The topological polar surface area (TPSA) is 41.9 Å². The van der Waals surface area contributed by atoms with E-state index >= 15 is 0 Å². The van der Waals surface area contributed by atoms with Gasteiger partial charge in [0.05, 0.1) is 13.2 Å². The van der Waals surface area contributed by atoms with E-state index in [0.717, 1.165) is 50.6 Å². The molecule has 0 bridgehead atoms. The molecule has 4 nitrogen and oxygen atoms in total. The van der Waals surface area contributed by atoms with E-state index < -0.39 is 0 Å². The lowest BCUT2D eigenvalue weighted by Crippen LogP contribution is -2.30. The first-order valence-electron chi connectivity index (χ1n) is 7.51. The van der Waals surface area contributed by atoms with Crippen LogP contribution in [-0.4, -0.2) is 56.1 Å². The van der Waals surface area contributed by atoms with Crippen LogP contribution in [0.4, 0.5) is 0 Å². The van der Waals surface area contributed by atoms with Crippen molar-refractivity contribution in [3.8, 4) is 17.6 Å². The van der Waals surface area contributed by atoms with Crippen molar-refractivity contribution in [1.29, 1.82) is 0 Å². The highest BCUT2D eigenvalue weighted by Crippen LogP contribution is 2.12. The first-order chi connectivity index (χ1) is 10.4. The van der Waals surface area contributed by atoms with Crippen LogP contribution in [0.25, 0.3) is 0 Å². The molecule has 4 heteroatoms. The molecule has 0 aliphatic carbocycles. The summed E-state index contributed by atoms with van der Waals surface area (Å²) in [6, 6.07) is 7.78. The first-order valence-corrected chi connectivity index (χ1v) is 7.51. The average Bonchev–Trinajstić information content (AvgIpc) is 2.77. The summed E-state index contributed by atoms with van der Waals surface area (Å²) in [4.78, 5) is 2.37. The molecule has 1 heterocycles. The molecule has 1 saturated heterocycles. The second-order valence-corrected chi connectivity index (χ2v) is 4.96. The third-order valence-electron chi connectivity index (χ3n) is 3.29. The maximum atomic E-state index is 8.72. The predicted molar refractivity (Wildman–Crippen MR) is 82.4 cm³/mol. The van der Waals surface area contributed by atoms with Crippen molar-refractivity contribution >= 4 is 0 Å². The lowest BCUT2D eigenvalue weighted by atomic mass is 10.2. The highest BCUT2D eigenvalue weighted by Gasteiger charge is 2.08. The molecule has 1 N–H and O–H groups in total. The monoisotopic (exact) mass is 289 g/mol. The molecule has 0 aromatic heterocycles. The maximum Gasteiger partial charge on any atom is 0.120 e. The Morgan fingerprint density at radius 1 is 1.29 bits per heavy atom. The van der Waals surface area contributed by atoms with Crippen LogP contribution in [-0.2, 0) is 4.74 Å². The Morgan fingerprint density at radius 2 is 2.24 bits per heavy atom. The summed E-state index contributed by atoms with van der Waals surface area (Å²) in [7, 11) is 0. The number of hydrogen-bond acceptors (Lipinski definition) is 4. The van der Waals surface area contributed by atoms with Gasteiger partial charge in [-0.3, -0.25) is 4.90 Å². The van der Waals surface area contributed by atoms with Crippen molar-refractivity contribution < 1.29 is 14.6 Å².